The summed E-state index contributed by atoms with van der Waals surface area (Å²) in [5.74, 6) is 6.18. The Labute approximate surface area is 101 Å². The van der Waals surface area contributed by atoms with Gasteiger partial charge in [-0.05, 0) is 24.4 Å². The first-order valence-corrected chi connectivity index (χ1v) is 5.71. The normalized spacial score (nSPS) is 10.5. The molecule has 0 unspecified atom stereocenters. The third-order valence-electron chi connectivity index (χ3n) is 3.14. The standard InChI is InChI=1S/C16H13N/c1-3-6-12-11-13-7-4-5-8-14(13)16-15(12)9-10-17(16)2/h4-5,7-11H,1-2H3. The van der Waals surface area contributed by atoms with Crippen LogP contribution in [0.5, 0.6) is 0 Å². The molecule has 1 nitrogen and oxygen atoms in total. The van der Waals surface area contributed by atoms with Gasteiger partial charge in [0, 0.05) is 29.6 Å². The summed E-state index contributed by atoms with van der Waals surface area (Å²) in [7, 11) is 2.08. The molecule has 1 aromatic heterocycles. The van der Waals surface area contributed by atoms with E-state index in [1.807, 2.05) is 6.92 Å². The van der Waals surface area contributed by atoms with Gasteiger partial charge in [0.25, 0.3) is 0 Å². The van der Waals surface area contributed by atoms with Crippen LogP contribution in [0.1, 0.15) is 12.5 Å². The summed E-state index contributed by atoms with van der Waals surface area (Å²) in [6.07, 6.45) is 2.10. The van der Waals surface area contributed by atoms with E-state index in [9.17, 15) is 0 Å². The number of nitrogens with zero attached hydrogens (tertiary/aromatic N) is 1. The van der Waals surface area contributed by atoms with E-state index < -0.39 is 0 Å². The second kappa shape index (κ2) is 3.68. The van der Waals surface area contributed by atoms with Crippen molar-refractivity contribution in [2.45, 2.75) is 6.92 Å². The molecule has 82 valence electrons. The van der Waals surface area contributed by atoms with Gasteiger partial charge in [0.2, 0.25) is 0 Å². The van der Waals surface area contributed by atoms with E-state index in [0.717, 1.165) is 5.56 Å². The van der Waals surface area contributed by atoms with Gasteiger partial charge in [-0.1, -0.05) is 30.2 Å². The number of aryl methyl sites for hydroxylation is 1. The van der Waals surface area contributed by atoms with Crippen molar-refractivity contribution in [3.63, 3.8) is 0 Å². The van der Waals surface area contributed by atoms with Gasteiger partial charge in [-0.3, -0.25) is 0 Å². The number of benzene rings is 2. The Hall–Kier alpha value is -2.20. The Morgan fingerprint density at radius 3 is 2.71 bits per heavy atom. The highest BCUT2D eigenvalue weighted by molar-refractivity contribution is 6.08. The lowest BCUT2D eigenvalue weighted by Crippen LogP contribution is -1.87. The van der Waals surface area contributed by atoms with Crippen molar-refractivity contribution in [1.29, 1.82) is 0 Å². The first-order valence-electron chi connectivity index (χ1n) is 5.71. The van der Waals surface area contributed by atoms with Crippen LogP contribution in [0, 0.1) is 11.8 Å². The Morgan fingerprint density at radius 1 is 1.06 bits per heavy atom. The van der Waals surface area contributed by atoms with Gasteiger partial charge >= 0.3 is 0 Å². The smallest absolute Gasteiger partial charge is 0.0569 e. The molecule has 0 aliphatic heterocycles. The van der Waals surface area contributed by atoms with E-state index in [2.05, 4.69) is 66.1 Å². The molecule has 0 spiro atoms. The van der Waals surface area contributed by atoms with Crippen LogP contribution in [-0.4, -0.2) is 4.57 Å². The van der Waals surface area contributed by atoms with Crippen LogP contribution in [-0.2, 0) is 7.05 Å². The van der Waals surface area contributed by atoms with Crippen LogP contribution in [0.25, 0.3) is 21.7 Å². The summed E-state index contributed by atoms with van der Waals surface area (Å²) >= 11 is 0. The summed E-state index contributed by atoms with van der Waals surface area (Å²) in [5.41, 5.74) is 2.38. The predicted molar refractivity (Wildman–Crippen MR) is 73.0 cm³/mol. The molecule has 3 rings (SSSR count). The quantitative estimate of drug-likeness (QED) is 0.508. The van der Waals surface area contributed by atoms with Crippen LogP contribution < -0.4 is 0 Å². The predicted octanol–water partition coefficient (Wildman–Crippen LogP) is 3.70. The zero-order valence-electron chi connectivity index (χ0n) is 9.99. The lowest BCUT2D eigenvalue weighted by molar-refractivity contribution is 0.973. The van der Waals surface area contributed by atoms with Crippen LogP contribution in [0.15, 0.2) is 42.6 Å². The van der Waals surface area contributed by atoms with Crippen LogP contribution in [0.3, 0.4) is 0 Å². The average molecular weight is 219 g/mol. The first-order chi connectivity index (χ1) is 8.31. The van der Waals surface area contributed by atoms with E-state index >= 15 is 0 Å². The van der Waals surface area contributed by atoms with Gasteiger partial charge < -0.3 is 4.57 Å². The fourth-order valence-electron chi connectivity index (χ4n) is 2.39. The van der Waals surface area contributed by atoms with Gasteiger partial charge in [0.15, 0.2) is 0 Å². The lowest BCUT2D eigenvalue weighted by atomic mass is 10.0. The highest BCUT2D eigenvalue weighted by atomic mass is 14.9. The molecule has 0 fully saturated rings. The highest BCUT2D eigenvalue weighted by Crippen LogP contribution is 2.28. The summed E-state index contributed by atoms with van der Waals surface area (Å²) in [5, 5.41) is 3.77. The van der Waals surface area contributed by atoms with Crippen molar-refractivity contribution in [3.05, 3.63) is 48.2 Å². The van der Waals surface area contributed by atoms with Gasteiger partial charge in [-0.15, -0.1) is 5.92 Å². The maximum Gasteiger partial charge on any atom is 0.0569 e. The Balaban J connectivity index is 2.60. The molecule has 0 atom stereocenters. The summed E-state index contributed by atoms with van der Waals surface area (Å²) in [4.78, 5) is 0. The molecular formula is C16H13N. The van der Waals surface area contributed by atoms with Crippen molar-refractivity contribution in [2.24, 2.45) is 7.05 Å². The van der Waals surface area contributed by atoms with Crippen molar-refractivity contribution < 1.29 is 0 Å². The number of hydrogen-bond acceptors (Lipinski definition) is 0. The fourth-order valence-corrected chi connectivity index (χ4v) is 2.39. The molecule has 0 aliphatic carbocycles. The molecule has 0 bridgehead atoms. The number of aromatic nitrogens is 1. The SMILES string of the molecule is CC#Cc1cc2ccccc2c2c1ccn2C. The highest BCUT2D eigenvalue weighted by Gasteiger charge is 2.07. The molecule has 1 heterocycles. The Kier molecular flexibility index (Phi) is 2.16. The van der Waals surface area contributed by atoms with Gasteiger partial charge in [-0.2, -0.15) is 0 Å². The lowest BCUT2D eigenvalue weighted by Gasteiger charge is -2.05. The monoisotopic (exact) mass is 219 g/mol. The number of fused-ring (bicyclic) bond motifs is 3. The molecule has 2 aromatic carbocycles. The van der Waals surface area contributed by atoms with Crippen molar-refractivity contribution in [3.8, 4) is 11.8 Å². The molecule has 0 aliphatic rings. The molecule has 1 heteroatoms. The first kappa shape index (κ1) is 9.99. The molecule has 17 heavy (non-hydrogen) atoms. The van der Waals surface area contributed by atoms with E-state index in [-0.39, 0.29) is 0 Å². The molecule has 0 amide bonds. The third-order valence-corrected chi connectivity index (χ3v) is 3.14. The Morgan fingerprint density at radius 2 is 1.88 bits per heavy atom. The summed E-state index contributed by atoms with van der Waals surface area (Å²) < 4.78 is 2.17. The molecule has 3 aromatic rings. The van der Waals surface area contributed by atoms with Gasteiger partial charge in [0.1, 0.15) is 0 Å². The summed E-state index contributed by atoms with van der Waals surface area (Å²) in [6.45, 7) is 1.88. The van der Waals surface area contributed by atoms with E-state index in [0.29, 0.717) is 0 Å². The maximum atomic E-state index is 3.19. The topological polar surface area (TPSA) is 4.93 Å². The molecule has 0 saturated heterocycles. The molecular weight excluding hydrogens is 206 g/mol. The largest absolute Gasteiger partial charge is 0.350 e. The minimum absolute atomic E-state index is 1.11. The van der Waals surface area contributed by atoms with Crippen LogP contribution >= 0.6 is 0 Å². The van der Waals surface area contributed by atoms with Crippen molar-refractivity contribution in [2.75, 3.05) is 0 Å². The Bertz CT molecular complexity index is 766. The molecule has 0 saturated carbocycles. The zero-order chi connectivity index (χ0) is 11.8. The van der Waals surface area contributed by atoms with E-state index in [1.165, 1.54) is 21.7 Å². The average Bonchev–Trinajstić information content (AvgIpc) is 2.73. The van der Waals surface area contributed by atoms with Crippen molar-refractivity contribution in [1.82, 2.24) is 4.57 Å². The fraction of sp³-hybridized carbons (Fsp3) is 0.125. The van der Waals surface area contributed by atoms with E-state index in [1.54, 1.807) is 0 Å². The molecule has 0 radical (unpaired) electrons. The summed E-state index contributed by atoms with van der Waals surface area (Å²) in [6, 6.07) is 12.8. The van der Waals surface area contributed by atoms with E-state index in [4.69, 9.17) is 0 Å². The van der Waals surface area contributed by atoms with Crippen LogP contribution in [0.2, 0.25) is 0 Å². The van der Waals surface area contributed by atoms with Crippen LogP contribution in [0.4, 0.5) is 0 Å². The van der Waals surface area contributed by atoms with Gasteiger partial charge in [-0.25, -0.2) is 0 Å². The van der Waals surface area contributed by atoms with Gasteiger partial charge in [0.05, 0.1) is 5.52 Å². The third kappa shape index (κ3) is 1.42. The zero-order valence-corrected chi connectivity index (χ0v) is 9.99. The minimum atomic E-state index is 1.11. The second-order valence-corrected chi connectivity index (χ2v) is 4.21. The van der Waals surface area contributed by atoms with Crippen molar-refractivity contribution >= 4 is 21.7 Å². The number of hydrogen-bond donors (Lipinski definition) is 0. The molecule has 0 N–H and O–H groups in total. The number of rotatable bonds is 0. The minimum Gasteiger partial charge on any atom is -0.350 e. The maximum absolute atomic E-state index is 3.19. The second-order valence-electron chi connectivity index (χ2n) is 4.21.